The van der Waals surface area contributed by atoms with Crippen molar-refractivity contribution >= 4 is 22.6 Å². The van der Waals surface area contributed by atoms with Crippen LogP contribution in [0, 0.1) is 0 Å². The molecule has 19 heavy (non-hydrogen) atoms. The van der Waals surface area contributed by atoms with Crippen molar-refractivity contribution in [2.24, 2.45) is 0 Å². The Morgan fingerprint density at radius 1 is 1.11 bits per heavy atom. The van der Waals surface area contributed by atoms with Gasteiger partial charge in [-0.2, -0.15) is 0 Å². The SMILES string of the molecule is COc1ccc2nn(-c3cc(Cl)ccc3[O])nc2c1. The first-order valence-corrected chi connectivity index (χ1v) is 5.93. The molecule has 1 radical (unpaired) electrons. The highest BCUT2D eigenvalue weighted by Crippen LogP contribution is 2.26. The van der Waals surface area contributed by atoms with Gasteiger partial charge in [-0.15, -0.1) is 15.0 Å². The maximum atomic E-state index is 11.8. The van der Waals surface area contributed by atoms with Gasteiger partial charge in [0.2, 0.25) is 5.75 Å². The third-order valence-corrected chi connectivity index (χ3v) is 2.96. The zero-order valence-electron chi connectivity index (χ0n) is 10.0. The van der Waals surface area contributed by atoms with Crippen LogP contribution in [0.15, 0.2) is 36.4 Å². The number of ether oxygens (including phenoxy) is 1. The summed E-state index contributed by atoms with van der Waals surface area (Å²) < 4.78 is 5.12. The molecule has 0 saturated carbocycles. The van der Waals surface area contributed by atoms with E-state index in [1.165, 1.54) is 10.9 Å². The third kappa shape index (κ3) is 2.08. The fourth-order valence-corrected chi connectivity index (χ4v) is 1.94. The Labute approximate surface area is 114 Å². The first-order chi connectivity index (χ1) is 9.17. The molecule has 0 aliphatic carbocycles. The first-order valence-electron chi connectivity index (χ1n) is 5.55. The summed E-state index contributed by atoms with van der Waals surface area (Å²) in [6, 6.07) is 9.81. The van der Waals surface area contributed by atoms with Gasteiger partial charge < -0.3 is 4.74 Å². The van der Waals surface area contributed by atoms with Gasteiger partial charge in [-0.05, 0) is 30.3 Å². The monoisotopic (exact) mass is 274 g/mol. The van der Waals surface area contributed by atoms with Gasteiger partial charge in [0.05, 0.1) is 7.11 Å². The number of benzene rings is 2. The van der Waals surface area contributed by atoms with Gasteiger partial charge in [0.1, 0.15) is 22.5 Å². The Balaban J connectivity index is 2.17. The van der Waals surface area contributed by atoms with Gasteiger partial charge >= 0.3 is 0 Å². The second-order valence-corrected chi connectivity index (χ2v) is 4.39. The van der Waals surface area contributed by atoms with Crippen molar-refractivity contribution < 1.29 is 9.84 Å². The van der Waals surface area contributed by atoms with Crippen molar-refractivity contribution in [3.63, 3.8) is 0 Å². The van der Waals surface area contributed by atoms with Gasteiger partial charge in [0.25, 0.3) is 0 Å². The molecule has 0 unspecified atom stereocenters. The smallest absolute Gasteiger partial charge is 0.206 e. The van der Waals surface area contributed by atoms with Gasteiger partial charge in [0.15, 0.2) is 0 Å². The van der Waals surface area contributed by atoms with Crippen molar-refractivity contribution in [2.75, 3.05) is 7.11 Å². The predicted octanol–water partition coefficient (Wildman–Crippen LogP) is 3.23. The van der Waals surface area contributed by atoms with E-state index < -0.39 is 0 Å². The number of rotatable bonds is 2. The fourth-order valence-electron chi connectivity index (χ4n) is 1.78. The fraction of sp³-hybridized carbons (Fsp3) is 0.0769. The number of aromatic nitrogens is 3. The standard InChI is InChI=1S/C13H9ClN3O2/c1-19-9-3-4-10-11(7-9)16-17(15-10)12-6-8(14)2-5-13(12)18/h2-7H,1H3. The lowest BCUT2D eigenvalue weighted by molar-refractivity contribution is 0.351. The summed E-state index contributed by atoms with van der Waals surface area (Å²) >= 11 is 5.89. The summed E-state index contributed by atoms with van der Waals surface area (Å²) in [6.45, 7) is 0. The van der Waals surface area contributed by atoms with Crippen molar-refractivity contribution in [3.05, 3.63) is 41.4 Å². The number of halogens is 1. The molecule has 5 nitrogen and oxygen atoms in total. The van der Waals surface area contributed by atoms with Crippen LogP contribution in [-0.4, -0.2) is 22.1 Å². The third-order valence-electron chi connectivity index (χ3n) is 2.72. The maximum absolute atomic E-state index is 11.8. The molecular formula is C13H9ClN3O2. The zero-order valence-corrected chi connectivity index (χ0v) is 10.8. The van der Waals surface area contributed by atoms with E-state index in [1.54, 1.807) is 37.4 Å². The molecule has 0 saturated heterocycles. The van der Waals surface area contributed by atoms with Gasteiger partial charge in [-0.1, -0.05) is 11.6 Å². The first kappa shape index (κ1) is 11.8. The van der Waals surface area contributed by atoms with Crippen LogP contribution in [-0.2, 0) is 5.11 Å². The molecule has 0 aliphatic rings. The zero-order chi connectivity index (χ0) is 13.4. The van der Waals surface area contributed by atoms with E-state index in [4.69, 9.17) is 16.3 Å². The van der Waals surface area contributed by atoms with Gasteiger partial charge in [-0.25, -0.2) is 0 Å². The number of hydrogen-bond acceptors (Lipinski definition) is 3. The second-order valence-electron chi connectivity index (χ2n) is 3.96. The minimum absolute atomic E-state index is 0.184. The van der Waals surface area contributed by atoms with E-state index in [1.807, 2.05) is 0 Å². The van der Waals surface area contributed by atoms with Gasteiger partial charge in [-0.3, -0.25) is 5.11 Å². The lowest BCUT2D eigenvalue weighted by Crippen LogP contribution is -1.98. The van der Waals surface area contributed by atoms with Crippen LogP contribution < -0.4 is 4.74 Å². The van der Waals surface area contributed by atoms with Crippen LogP contribution in [0.25, 0.3) is 16.7 Å². The molecule has 95 valence electrons. The molecule has 0 bridgehead atoms. The summed E-state index contributed by atoms with van der Waals surface area (Å²) in [6.07, 6.45) is 0. The number of hydrogen-bond donors (Lipinski definition) is 0. The van der Waals surface area contributed by atoms with Crippen LogP contribution in [0.2, 0.25) is 5.02 Å². The average molecular weight is 275 g/mol. The highest BCUT2D eigenvalue weighted by atomic mass is 35.5. The van der Waals surface area contributed by atoms with Crippen LogP contribution in [0.5, 0.6) is 11.5 Å². The number of fused-ring (bicyclic) bond motifs is 1. The highest BCUT2D eigenvalue weighted by Gasteiger charge is 2.11. The Morgan fingerprint density at radius 3 is 2.68 bits per heavy atom. The molecule has 0 spiro atoms. The molecule has 1 heterocycles. The molecule has 0 aliphatic heterocycles. The van der Waals surface area contributed by atoms with E-state index in [2.05, 4.69) is 10.2 Å². The van der Waals surface area contributed by atoms with Crippen molar-refractivity contribution in [1.29, 1.82) is 0 Å². The Hall–Kier alpha value is -2.27. The molecule has 0 amide bonds. The maximum Gasteiger partial charge on any atom is 0.206 e. The summed E-state index contributed by atoms with van der Waals surface area (Å²) in [7, 11) is 1.58. The van der Waals surface area contributed by atoms with Crippen LogP contribution in [0.1, 0.15) is 0 Å². The van der Waals surface area contributed by atoms with Crippen LogP contribution in [0.4, 0.5) is 0 Å². The van der Waals surface area contributed by atoms with E-state index >= 15 is 0 Å². The Morgan fingerprint density at radius 2 is 1.89 bits per heavy atom. The number of nitrogens with zero attached hydrogens (tertiary/aromatic N) is 3. The summed E-state index contributed by atoms with van der Waals surface area (Å²) in [4.78, 5) is 1.29. The van der Waals surface area contributed by atoms with E-state index in [0.717, 1.165) is 0 Å². The molecule has 1 aromatic heterocycles. The van der Waals surface area contributed by atoms with Crippen molar-refractivity contribution in [1.82, 2.24) is 15.0 Å². The van der Waals surface area contributed by atoms with Crippen molar-refractivity contribution in [3.8, 4) is 17.2 Å². The summed E-state index contributed by atoms with van der Waals surface area (Å²) in [5.41, 5.74) is 1.65. The van der Waals surface area contributed by atoms with Crippen LogP contribution in [0.3, 0.4) is 0 Å². The molecule has 3 rings (SSSR count). The van der Waals surface area contributed by atoms with E-state index in [-0.39, 0.29) is 5.75 Å². The quantitative estimate of drug-likeness (QED) is 0.721. The normalized spacial score (nSPS) is 10.8. The highest BCUT2D eigenvalue weighted by molar-refractivity contribution is 6.30. The largest absolute Gasteiger partial charge is 0.497 e. The van der Waals surface area contributed by atoms with Crippen molar-refractivity contribution in [2.45, 2.75) is 0 Å². The molecule has 0 N–H and O–H groups in total. The van der Waals surface area contributed by atoms with Gasteiger partial charge in [0, 0.05) is 11.1 Å². The second kappa shape index (κ2) is 4.44. The lowest BCUT2D eigenvalue weighted by Gasteiger charge is -2.00. The lowest BCUT2D eigenvalue weighted by atomic mass is 10.3. The molecule has 6 heteroatoms. The summed E-state index contributed by atoms with van der Waals surface area (Å²) in [5, 5.41) is 20.8. The Kier molecular flexibility index (Phi) is 2.76. The molecule has 0 atom stereocenters. The van der Waals surface area contributed by atoms with E-state index in [9.17, 15) is 5.11 Å². The predicted molar refractivity (Wildman–Crippen MR) is 70.6 cm³/mol. The topological polar surface area (TPSA) is 59.8 Å². The minimum atomic E-state index is -0.184. The average Bonchev–Trinajstić information content (AvgIpc) is 2.83. The minimum Gasteiger partial charge on any atom is -0.497 e. The molecule has 0 fully saturated rings. The summed E-state index contributed by atoms with van der Waals surface area (Å²) in [5.74, 6) is 0.504. The van der Waals surface area contributed by atoms with Crippen LogP contribution >= 0.6 is 11.6 Å². The van der Waals surface area contributed by atoms with E-state index in [0.29, 0.717) is 27.5 Å². The molecule has 2 aromatic carbocycles. The molecule has 3 aromatic rings. The Bertz CT molecular complexity index is 755. The number of methoxy groups -OCH3 is 1. The molecular weight excluding hydrogens is 266 g/mol.